The normalized spacial score (nSPS) is 13.8. The summed E-state index contributed by atoms with van der Waals surface area (Å²) in [4.78, 5) is 40.1. The molecule has 38 heavy (non-hydrogen) atoms. The molecule has 4 aromatic rings. The Morgan fingerprint density at radius 2 is 1.97 bits per heavy atom. The van der Waals surface area contributed by atoms with Crippen LogP contribution in [0.4, 0.5) is 11.4 Å². The number of carbonyl (C=O) groups is 1. The highest BCUT2D eigenvalue weighted by atomic mass is 35.5. The number of ether oxygens (including phenoxy) is 1. The van der Waals surface area contributed by atoms with Gasteiger partial charge in [0.15, 0.2) is 0 Å². The van der Waals surface area contributed by atoms with Crippen LogP contribution in [0, 0.1) is 6.92 Å². The summed E-state index contributed by atoms with van der Waals surface area (Å²) in [6.45, 7) is 5.54. The number of pyridine rings is 1. The molecule has 9 nitrogen and oxygen atoms in total. The predicted octanol–water partition coefficient (Wildman–Crippen LogP) is 3.83. The van der Waals surface area contributed by atoms with Crippen LogP contribution in [0.3, 0.4) is 0 Å². The number of rotatable bonds is 8. The lowest BCUT2D eigenvalue weighted by atomic mass is 10.1. The van der Waals surface area contributed by atoms with Crippen molar-refractivity contribution in [3.8, 4) is 11.4 Å². The van der Waals surface area contributed by atoms with Gasteiger partial charge in [-0.15, -0.1) is 0 Å². The van der Waals surface area contributed by atoms with Gasteiger partial charge in [0, 0.05) is 56.7 Å². The quantitative estimate of drug-likeness (QED) is 0.317. The number of halogens is 1. The number of nitrogens with zero attached hydrogens (tertiary/aromatic N) is 3. The molecule has 3 heterocycles. The standard InChI is InChI=1S/C28H31ClN6O3/c1-18-14-21(34-10-12-35(13-11-34)24(36)17-38-2)16-23-26(18)33-27(32-23)25-22(7-9-31-28(25)37)30-8-6-19-4-3-5-20(29)15-19/h3-5,7,9,14-16H,6,8,10-13,17H2,1-2H3,(H,32,33)(H2,30,31,37). The molecule has 1 saturated heterocycles. The van der Waals surface area contributed by atoms with Crippen molar-refractivity contribution in [1.82, 2.24) is 19.9 Å². The second-order valence-electron chi connectivity index (χ2n) is 9.45. The Morgan fingerprint density at radius 1 is 1.16 bits per heavy atom. The van der Waals surface area contributed by atoms with Crippen LogP contribution >= 0.6 is 11.6 Å². The average Bonchev–Trinajstić information content (AvgIpc) is 3.33. The van der Waals surface area contributed by atoms with Gasteiger partial charge in [0.25, 0.3) is 5.56 Å². The molecule has 0 spiro atoms. The number of carbonyl (C=O) groups excluding carboxylic acids is 1. The topological polar surface area (TPSA) is 106 Å². The zero-order valence-corrected chi connectivity index (χ0v) is 22.3. The SMILES string of the molecule is COCC(=O)N1CCN(c2cc(C)c3nc(-c4c(NCCc5cccc(Cl)c5)cc[nH]c4=O)[nH]c3c2)CC1. The fraction of sp³-hybridized carbons (Fsp3) is 0.321. The van der Waals surface area contributed by atoms with Crippen LogP contribution in [0.15, 0.2) is 53.5 Å². The highest BCUT2D eigenvalue weighted by molar-refractivity contribution is 6.30. The molecule has 0 atom stereocenters. The number of amides is 1. The first-order valence-corrected chi connectivity index (χ1v) is 13.0. The summed E-state index contributed by atoms with van der Waals surface area (Å²) in [5, 5.41) is 4.10. The third-order valence-corrected chi connectivity index (χ3v) is 7.08. The first-order valence-electron chi connectivity index (χ1n) is 12.7. The Labute approximate surface area is 225 Å². The molecule has 1 aliphatic rings. The number of anilines is 2. The van der Waals surface area contributed by atoms with E-state index < -0.39 is 0 Å². The van der Waals surface area contributed by atoms with Gasteiger partial charge < -0.3 is 29.8 Å². The van der Waals surface area contributed by atoms with Crippen LogP contribution in [0.1, 0.15) is 11.1 Å². The molecule has 2 aromatic heterocycles. The summed E-state index contributed by atoms with van der Waals surface area (Å²) in [5.41, 5.74) is 5.85. The number of fused-ring (bicyclic) bond motifs is 1. The van der Waals surface area contributed by atoms with Crippen molar-refractivity contribution >= 4 is 39.9 Å². The highest BCUT2D eigenvalue weighted by Gasteiger charge is 2.22. The number of piperazine rings is 1. The van der Waals surface area contributed by atoms with Crippen molar-refractivity contribution in [2.75, 3.05) is 56.7 Å². The lowest BCUT2D eigenvalue weighted by Crippen LogP contribution is -2.49. The zero-order valence-electron chi connectivity index (χ0n) is 21.5. The van der Waals surface area contributed by atoms with Crippen LogP contribution in [0.25, 0.3) is 22.4 Å². The van der Waals surface area contributed by atoms with Crippen LogP contribution in [-0.4, -0.2) is 72.2 Å². The van der Waals surface area contributed by atoms with E-state index in [2.05, 4.69) is 32.3 Å². The largest absolute Gasteiger partial charge is 0.384 e. The molecule has 2 aromatic carbocycles. The molecule has 3 N–H and O–H groups in total. The number of hydrogen-bond acceptors (Lipinski definition) is 6. The van der Waals surface area contributed by atoms with Crippen molar-refractivity contribution in [1.29, 1.82) is 0 Å². The van der Waals surface area contributed by atoms with Gasteiger partial charge in [-0.05, 0) is 54.8 Å². The minimum absolute atomic E-state index is 0.0158. The minimum Gasteiger partial charge on any atom is -0.384 e. The molecule has 0 aliphatic carbocycles. The number of nitrogens with one attached hydrogen (secondary N) is 3. The van der Waals surface area contributed by atoms with Gasteiger partial charge in [0.1, 0.15) is 18.0 Å². The summed E-state index contributed by atoms with van der Waals surface area (Å²) in [5.74, 6) is 0.532. The zero-order chi connectivity index (χ0) is 26.6. The Bertz CT molecular complexity index is 1510. The number of aryl methyl sites for hydroxylation is 1. The molecule has 1 aliphatic heterocycles. The molecule has 10 heteroatoms. The number of aromatic amines is 2. The molecule has 1 amide bonds. The summed E-state index contributed by atoms with van der Waals surface area (Å²) in [6.07, 6.45) is 2.40. The Hall–Kier alpha value is -3.82. The van der Waals surface area contributed by atoms with Gasteiger partial charge in [-0.1, -0.05) is 23.7 Å². The molecule has 198 valence electrons. The molecular formula is C28H31ClN6O3. The summed E-state index contributed by atoms with van der Waals surface area (Å²) in [6, 6.07) is 13.8. The Balaban J connectivity index is 1.36. The van der Waals surface area contributed by atoms with Gasteiger partial charge >= 0.3 is 0 Å². The van der Waals surface area contributed by atoms with Crippen molar-refractivity contribution in [2.24, 2.45) is 0 Å². The van der Waals surface area contributed by atoms with Gasteiger partial charge in [0.2, 0.25) is 5.91 Å². The maximum absolute atomic E-state index is 12.9. The third-order valence-electron chi connectivity index (χ3n) is 6.84. The fourth-order valence-electron chi connectivity index (χ4n) is 4.90. The van der Waals surface area contributed by atoms with Crippen molar-refractivity contribution in [3.63, 3.8) is 0 Å². The first kappa shape index (κ1) is 25.8. The van der Waals surface area contributed by atoms with E-state index in [-0.39, 0.29) is 18.1 Å². The second-order valence-corrected chi connectivity index (χ2v) is 9.88. The van der Waals surface area contributed by atoms with Crippen molar-refractivity contribution in [3.05, 3.63) is 75.2 Å². The maximum atomic E-state index is 12.9. The number of H-pyrrole nitrogens is 2. The van der Waals surface area contributed by atoms with E-state index in [1.165, 1.54) is 7.11 Å². The summed E-state index contributed by atoms with van der Waals surface area (Å²) < 4.78 is 4.98. The maximum Gasteiger partial charge on any atom is 0.261 e. The van der Waals surface area contributed by atoms with Crippen LogP contribution in [0.2, 0.25) is 5.02 Å². The van der Waals surface area contributed by atoms with E-state index in [4.69, 9.17) is 21.3 Å². The molecule has 1 fully saturated rings. The molecule has 5 rings (SSSR count). The summed E-state index contributed by atoms with van der Waals surface area (Å²) in [7, 11) is 1.54. The molecule has 0 saturated carbocycles. The van der Waals surface area contributed by atoms with Crippen molar-refractivity contribution in [2.45, 2.75) is 13.3 Å². The van der Waals surface area contributed by atoms with E-state index >= 15 is 0 Å². The van der Waals surface area contributed by atoms with Gasteiger partial charge in [0.05, 0.1) is 16.7 Å². The number of methoxy groups -OCH3 is 1. The molecule has 0 unspecified atom stereocenters. The van der Waals surface area contributed by atoms with E-state index in [1.54, 1.807) is 6.20 Å². The fourth-order valence-corrected chi connectivity index (χ4v) is 5.11. The first-order chi connectivity index (χ1) is 18.4. The predicted molar refractivity (Wildman–Crippen MR) is 151 cm³/mol. The Morgan fingerprint density at radius 3 is 2.74 bits per heavy atom. The lowest BCUT2D eigenvalue weighted by Gasteiger charge is -2.36. The second kappa shape index (κ2) is 11.3. The number of aromatic nitrogens is 3. The number of benzene rings is 2. The molecule has 0 bridgehead atoms. The summed E-state index contributed by atoms with van der Waals surface area (Å²) >= 11 is 6.11. The van der Waals surface area contributed by atoms with E-state index in [0.717, 1.165) is 47.4 Å². The minimum atomic E-state index is -0.216. The van der Waals surface area contributed by atoms with Crippen LogP contribution < -0.4 is 15.8 Å². The van der Waals surface area contributed by atoms with E-state index in [1.807, 2.05) is 42.2 Å². The van der Waals surface area contributed by atoms with Gasteiger partial charge in [-0.2, -0.15) is 0 Å². The highest BCUT2D eigenvalue weighted by Crippen LogP contribution is 2.29. The average molecular weight is 535 g/mol. The van der Waals surface area contributed by atoms with Crippen molar-refractivity contribution < 1.29 is 9.53 Å². The van der Waals surface area contributed by atoms with Crippen LogP contribution in [0.5, 0.6) is 0 Å². The van der Waals surface area contributed by atoms with Gasteiger partial charge in [-0.3, -0.25) is 9.59 Å². The molecular weight excluding hydrogens is 504 g/mol. The van der Waals surface area contributed by atoms with Gasteiger partial charge in [-0.25, -0.2) is 4.98 Å². The number of imidazole rings is 1. The monoisotopic (exact) mass is 534 g/mol. The van der Waals surface area contributed by atoms with E-state index in [0.29, 0.717) is 41.7 Å². The molecule has 0 radical (unpaired) electrons. The number of hydrogen-bond donors (Lipinski definition) is 3. The third kappa shape index (κ3) is 5.54. The van der Waals surface area contributed by atoms with Crippen LogP contribution in [-0.2, 0) is 16.0 Å². The van der Waals surface area contributed by atoms with E-state index in [9.17, 15) is 9.59 Å². The lowest BCUT2D eigenvalue weighted by molar-refractivity contribution is -0.135. The smallest absolute Gasteiger partial charge is 0.261 e. The Kier molecular flexibility index (Phi) is 7.67.